The molecule has 3 aliphatic rings. The van der Waals surface area contributed by atoms with Gasteiger partial charge in [0.05, 0.1) is 6.54 Å². The average molecular weight is 342 g/mol. The first kappa shape index (κ1) is 16.8. The van der Waals surface area contributed by atoms with Crippen molar-refractivity contribution in [3.05, 3.63) is 24.4 Å². The third-order valence-electron chi connectivity index (χ3n) is 6.54. The maximum absolute atomic E-state index is 12.5. The number of piperazine rings is 1. The molecule has 2 heterocycles. The highest BCUT2D eigenvalue weighted by Crippen LogP contribution is 2.49. The molecule has 136 valence electrons. The van der Waals surface area contributed by atoms with Crippen molar-refractivity contribution >= 4 is 11.7 Å². The first-order chi connectivity index (χ1) is 12.2. The van der Waals surface area contributed by atoms with Gasteiger partial charge in [-0.2, -0.15) is 0 Å². The number of aromatic nitrogens is 1. The summed E-state index contributed by atoms with van der Waals surface area (Å²) in [6.07, 6.45) is 7.37. The number of carbonyl (C=O) groups is 1. The van der Waals surface area contributed by atoms with E-state index in [-0.39, 0.29) is 5.91 Å². The molecule has 1 amide bonds. The number of rotatable bonds is 5. The second-order valence-corrected chi connectivity index (χ2v) is 8.15. The van der Waals surface area contributed by atoms with Gasteiger partial charge in [-0.3, -0.25) is 9.69 Å². The van der Waals surface area contributed by atoms with Crippen LogP contribution in [0.1, 0.15) is 32.6 Å². The van der Waals surface area contributed by atoms with Crippen molar-refractivity contribution in [2.24, 2.45) is 17.8 Å². The maximum atomic E-state index is 12.5. The lowest BCUT2D eigenvalue weighted by atomic mass is 9.84. The zero-order chi connectivity index (χ0) is 17.2. The summed E-state index contributed by atoms with van der Waals surface area (Å²) in [7, 11) is 0. The lowest BCUT2D eigenvalue weighted by Crippen LogP contribution is -2.51. The Morgan fingerprint density at radius 1 is 1.24 bits per heavy atom. The molecule has 2 saturated carbocycles. The van der Waals surface area contributed by atoms with E-state index in [2.05, 4.69) is 33.1 Å². The van der Waals surface area contributed by atoms with Gasteiger partial charge >= 0.3 is 0 Å². The summed E-state index contributed by atoms with van der Waals surface area (Å²) >= 11 is 0. The lowest BCUT2D eigenvalue weighted by molar-refractivity contribution is -0.123. The van der Waals surface area contributed by atoms with Crippen LogP contribution >= 0.6 is 0 Å². The number of fused-ring (bicyclic) bond motifs is 2. The highest BCUT2D eigenvalue weighted by molar-refractivity contribution is 5.78. The van der Waals surface area contributed by atoms with E-state index in [0.717, 1.165) is 43.8 Å². The van der Waals surface area contributed by atoms with Gasteiger partial charge in [-0.05, 0) is 56.1 Å². The summed E-state index contributed by atoms with van der Waals surface area (Å²) in [5, 5.41) is 3.29. The molecule has 4 unspecified atom stereocenters. The van der Waals surface area contributed by atoms with Crippen molar-refractivity contribution in [2.75, 3.05) is 37.6 Å². The zero-order valence-electron chi connectivity index (χ0n) is 15.2. The Morgan fingerprint density at radius 2 is 2.08 bits per heavy atom. The molecule has 0 radical (unpaired) electrons. The minimum Gasteiger partial charge on any atom is -0.354 e. The number of hydrogen-bond acceptors (Lipinski definition) is 4. The van der Waals surface area contributed by atoms with Crippen molar-refractivity contribution in [3.63, 3.8) is 0 Å². The SMILES string of the molecule is CC(NC(=O)CN1CCN(c2ccccn2)CC1)C1CC2CCC1C2. The van der Waals surface area contributed by atoms with Crippen LogP contribution in [-0.4, -0.2) is 54.6 Å². The van der Waals surface area contributed by atoms with E-state index in [4.69, 9.17) is 0 Å². The molecule has 1 saturated heterocycles. The third-order valence-corrected chi connectivity index (χ3v) is 6.54. The van der Waals surface area contributed by atoms with E-state index < -0.39 is 0 Å². The van der Waals surface area contributed by atoms with Crippen molar-refractivity contribution in [3.8, 4) is 0 Å². The smallest absolute Gasteiger partial charge is 0.234 e. The molecule has 1 aromatic rings. The molecule has 2 aliphatic carbocycles. The summed E-state index contributed by atoms with van der Waals surface area (Å²) < 4.78 is 0. The number of hydrogen-bond donors (Lipinski definition) is 1. The van der Waals surface area contributed by atoms with E-state index in [1.807, 2.05) is 18.3 Å². The Bertz CT molecular complexity index is 585. The Kier molecular flexibility index (Phi) is 4.93. The first-order valence-electron chi connectivity index (χ1n) is 9.87. The van der Waals surface area contributed by atoms with Gasteiger partial charge in [0.2, 0.25) is 5.91 Å². The minimum absolute atomic E-state index is 0.196. The summed E-state index contributed by atoms with van der Waals surface area (Å²) in [6, 6.07) is 6.36. The van der Waals surface area contributed by atoms with Crippen LogP contribution in [0.4, 0.5) is 5.82 Å². The number of nitrogens with one attached hydrogen (secondary N) is 1. The van der Waals surface area contributed by atoms with Gasteiger partial charge < -0.3 is 10.2 Å². The van der Waals surface area contributed by atoms with Gasteiger partial charge in [0.1, 0.15) is 5.82 Å². The number of carbonyl (C=O) groups excluding carboxylic acids is 1. The summed E-state index contributed by atoms with van der Waals surface area (Å²) in [5.74, 6) is 3.75. The first-order valence-corrected chi connectivity index (χ1v) is 9.87. The number of pyridine rings is 1. The molecule has 1 N–H and O–H groups in total. The topological polar surface area (TPSA) is 48.5 Å². The van der Waals surface area contributed by atoms with E-state index >= 15 is 0 Å². The Hall–Kier alpha value is -1.62. The lowest BCUT2D eigenvalue weighted by Gasteiger charge is -2.35. The largest absolute Gasteiger partial charge is 0.354 e. The second kappa shape index (κ2) is 7.32. The van der Waals surface area contributed by atoms with Crippen molar-refractivity contribution in [1.82, 2.24) is 15.2 Å². The van der Waals surface area contributed by atoms with Crippen LogP contribution in [0.3, 0.4) is 0 Å². The van der Waals surface area contributed by atoms with E-state index in [9.17, 15) is 4.79 Å². The third kappa shape index (κ3) is 3.81. The van der Waals surface area contributed by atoms with Gasteiger partial charge in [-0.25, -0.2) is 4.98 Å². The number of nitrogens with zero attached hydrogens (tertiary/aromatic N) is 3. The molecule has 4 rings (SSSR count). The molecule has 1 aliphatic heterocycles. The molecule has 0 spiro atoms. The average Bonchev–Trinajstić information content (AvgIpc) is 3.26. The van der Waals surface area contributed by atoms with E-state index in [1.165, 1.54) is 25.7 Å². The molecule has 4 atom stereocenters. The van der Waals surface area contributed by atoms with Gasteiger partial charge in [0.15, 0.2) is 0 Å². The Balaban J connectivity index is 1.21. The van der Waals surface area contributed by atoms with Crippen LogP contribution in [0.15, 0.2) is 24.4 Å². The fourth-order valence-electron chi connectivity index (χ4n) is 5.19. The van der Waals surface area contributed by atoms with Gasteiger partial charge in [0, 0.05) is 38.4 Å². The normalized spacial score (nSPS) is 30.4. The molecular formula is C20H30N4O. The Labute approximate surface area is 150 Å². The molecule has 25 heavy (non-hydrogen) atoms. The van der Waals surface area contributed by atoms with Gasteiger partial charge in [-0.15, -0.1) is 0 Å². The molecule has 2 bridgehead atoms. The molecule has 0 aromatic carbocycles. The van der Waals surface area contributed by atoms with E-state index in [0.29, 0.717) is 18.5 Å². The fourth-order valence-corrected chi connectivity index (χ4v) is 5.19. The monoisotopic (exact) mass is 342 g/mol. The molecule has 5 heteroatoms. The van der Waals surface area contributed by atoms with Crippen molar-refractivity contribution in [1.29, 1.82) is 0 Å². The van der Waals surface area contributed by atoms with Crippen LogP contribution in [0.25, 0.3) is 0 Å². The van der Waals surface area contributed by atoms with E-state index in [1.54, 1.807) is 0 Å². The number of anilines is 1. The molecule has 3 fully saturated rings. The fraction of sp³-hybridized carbons (Fsp3) is 0.700. The maximum Gasteiger partial charge on any atom is 0.234 e. The summed E-state index contributed by atoms with van der Waals surface area (Å²) in [4.78, 5) is 21.4. The van der Waals surface area contributed by atoms with Crippen LogP contribution < -0.4 is 10.2 Å². The van der Waals surface area contributed by atoms with Crippen LogP contribution in [0.2, 0.25) is 0 Å². The number of amides is 1. The van der Waals surface area contributed by atoms with Gasteiger partial charge in [-0.1, -0.05) is 12.5 Å². The Morgan fingerprint density at radius 3 is 2.72 bits per heavy atom. The minimum atomic E-state index is 0.196. The standard InChI is InChI=1S/C20H30N4O/c1-15(18-13-16-5-6-17(18)12-16)22-20(25)14-23-8-10-24(11-9-23)19-4-2-3-7-21-19/h2-4,7,15-18H,5-6,8-14H2,1H3,(H,22,25). The van der Waals surface area contributed by atoms with Crippen LogP contribution in [0.5, 0.6) is 0 Å². The summed E-state index contributed by atoms with van der Waals surface area (Å²) in [6.45, 7) is 6.46. The van der Waals surface area contributed by atoms with Crippen molar-refractivity contribution in [2.45, 2.75) is 38.6 Å². The van der Waals surface area contributed by atoms with Crippen LogP contribution in [-0.2, 0) is 4.79 Å². The highest BCUT2D eigenvalue weighted by Gasteiger charge is 2.42. The second-order valence-electron chi connectivity index (χ2n) is 8.15. The molecular weight excluding hydrogens is 312 g/mol. The predicted molar refractivity (Wildman–Crippen MR) is 99.4 cm³/mol. The molecule has 1 aromatic heterocycles. The molecule has 5 nitrogen and oxygen atoms in total. The highest BCUT2D eigenvalue weighted by atomic mass is 16.2. The van der Waals surface area contributed by atoms with Crippen molar-refractivity contribution < 1.29 is 4.79 Å². The predicted octanol–water partition coefficient (Wildman–Crippen LogP) is 2.14. The summed E-state index contributed by atoms with van der Waals surface area (Å²) in [5.41, 5.74) is 0. The van der Waals surface area contributed by atoms with Gasteiger partial charge in [0.25, 0.3) is 0 Å². The quantitative estimate of drug-likeness (QED) is 0.891. The zero-order valence-corrected chi connectivity index (χ0v) is 15.2. The van der Waals surface area contributed by atoms with Crippen LogP contribution in [0, 0.1) is 17.8 Å².